The molecule has 0 heterocycles. The Morgan fingerprint density at radius 2 is 1.63 bits per heavy atom. The predicted molar refractivity (Wildman–Crippen MR) is 154 cm³/mol. The lowest BCUT2D eigenvalue weighted by Gasteiger charge is -2.33. The second-order valence-electron chi connectivity index (χ2n) is 9.87. The predicted octanol–water partition coefficient (Wildman–Crippen LogP) is 5.63. The van der Waals surface area contributed by atoms with Gasteiger partial charge in [0, 0.05) is 21.6 Å². The van der Waals surface area contributed by atoms with Crippen LogP contribution in [0.25, 0.3) is 0 Å². The Morgan fingerprint density at radius 3 is 2.24 bits per heavy atom. The minimum Gasteiger partial charge on any atom is -0.350 e. The Kier molecular flexibility index (Phi) is 9.62. The molecule has 3 rings (SSSR count). The zero-order chi connectivity index (χ0) is 28.1. The second kappa shape index (κ2) is 12.3. The fraction of sp³-hybridized carbons (Fsp3) is 0.286. The average Bonchev–Trinajstić information content (AvgIpc) is 2.84. The van der Waals surface area contributed by atoms with Crippen molar-refractivity contribution in [2.24, 2.45) is 0 Å². The topological polar surface area (TPSA) is 86.8 Å². The number of hydrogen-bond acceptors (Lipinski definition) is 4. The molecule has 0 saturated heterocycles. The van der Waals surface area contributed by atoms with Gasteiger partial charge in [-0.2, -0.15) is 0 Å². The molecule has 202 valence electrons. The summed E-state index contributed by atoms with van der Waals surface area (Å²) in [5, 5.41) is 3.23. The van der Waals surface area contributed by atoms with Crippen LogP contribution in [0.1, 0.15) is 33.3 Å². The van der Waals surface area contributed by atoms with Gasteiger partial charge in [-0.15, -0.1) is 0 Å². The molecule has 0 aliphatic heterocycles. The van der Waals surface area contributed by atoms with E-state index in [2.05, 4.69) is 21.2 Å². The zero-order valence-electron chi connectivity index (χ0n) is 21.7. The zero-order valence-corrected chi connectivity index (χ0v) is 24.8. The van der Waals surface area contributed by atoms with Crippen molar-refractivity contribution < 1.29 is 18.0 Å². The Morgan fingerprint density at radius 1 is 0.974 bits per heavy atom. The first-order valence-electron chi connectivity index (χ1n) is 12.0. The molecule has 7 nitrogen and oxygen atoms in total. The lowest BCUT2D eigenvalue weighted by atomic mass is 10.1. The molecule has 0 aromatic heterocycles. The van der Waals surface area contributed by atoms with E-state index in [0.29, 0.717) is 5.02 Å². The highest BCUT2D eigenvalue weighted by molar-refractivity contribution is 9.10. The number of benzene rings is 3. The number of sulfonamides is 1. The van der Waals surface area contributed by atoms with Crippen molar-refractivity contribution >= 4 is 55.1 Å². The van der Waals surface area contributed by atoms with Gasteiger partial charge in [0.05, 0.1) is 10.6 Å². The van der Waals surface area contributed by atoms with Gasteiger partial charge in [0.25, 0.3) is 10.0 Å². The molecule has 0 fully saturated rings. The van der Waals surface area contributed by atoms with Gasteiger partial charge in [0.2, 0.25) is 11.8 Å². The van der Waals surface area contributed by atoms with Gasteiger partial charge in [-0.1, -0.05) is 63.9 Å². The maximum absolute atomic E-state index is 13.9. The summed E-state index contributed by atoms with van der Waals surface area (Å²) >= 11 is 9.63. The first-order valence-corrected chi connectivity index (χ1v) is 14.6. The van der Waals surface area contributed by atoms with Crippen LogP contribution in [0.2, 0.25) is 5.02 Å². The van der Waals surface area contributed by atoms with E-state index in [0.717, 1.165) is 14.3 Å². The largest absolute Gasteiger partial charge is 0.350 e. The summed E-state index contributed by atoms with van der Waals surface area (Å²) in [7, 11) is -4.13. The van der Waals surface area contributed by atoms with E-state index in [1.165, 1.54) is 23.1 Å². The number of carbonyl (C=O) groups is 2. The number of amides is 2. The molecule has 3 aromatic carbocycles. The summed E-state index contributed by atoms with van der Waals surface area (Å²) in [6.45, 7) is 6.76. The molecule has 0 aliphatic carbocycles. The smallest absolute Gasteiger partial charge is 0.264 e. The van der Waals surface area contributed by atoms with Gasteiger partial charge in [0.1, 0.15) is 12.6 Å². The number of carbonyl (C=O) groups excluding carboxylic acids is 2. The number of nitrogens with one attached hydrogen (secondary N) is 1. The van der Waals surface area contributed by atoms with Crippen molar-refractivity contribution in [2.45, 2.75) is 50.7 Å². The van der Waals surface area contributed by atoms with E-state index < -0.39 is 34.1 Å². The molecule has 1 N–H and O–H groups in total. The van der Waals surface area contributed by atoms with Crippen molar-refractivity contribution in [2.75, 3.05) is 10.8 Å². The summed E-state index contributed by atoms with van der Waals surface area (Å²) in [5.74, 6) is -0.887. The van der Waals surface area contributed by atoms with E-state index in [1.54, 1.807) is 43.3 Å². The van der Waals surface area contributed by atoms with Crippen LogP contribution in [0, 0.1) is 0 Å². The SMILES string of the molecule is C[C@H](C(=O)NC(C)(C)C)N(Cc1cccc(Br)c1)C(=O)CN(c1cccc(Cl)c1)S(=O)(=O)c1ccccc1. The Balaban J connectivity index is 2.03. The molecular formula is C28H31BrClN3O4S. The van der Waals surface area contributed by atoms with Crippen molar-refractivity contribution in [3.63, 3.8) is 0 Å². The third-order valence-corrected chi connectivity index (χ3v) is 8.13. The number of hydrogen-bond donors (Lipinski definition) is 1. The number of anilines is 1. The first kappa shape index (κ1) is 29.7. The maximum atomic E-state index is 13.9. The summed E-state index contributed by atoms with van der Waals surface area (Å²) < 4.78 is 29.3. The van der Waals surface area contributed by atoms with E-state index in [1.807, 2.05) is 45.0 Å². The molecule has 0 saturated carbocycles. The van der Waals surface area contributed by atoms with E-state index >= 15 is 0 Å². The van der Waals surface area contributed by atoms with Gasteiger partial charge < -0.3 is 10.2 Å². The Bertz CT molecular complexity index is 1390. The van der Waals surface area contributed by atoms with Crippen LogP contribution in [0.15, 0.2) is 88.2 Å². The molecule has 0 aliphatic rings. The monoisotopic (exact) mass is 619 g/mol. The molecule has 0 spiro atoms. The highest BCUT2D eigenvalue weighted by atomic mass is 79.9. The summed E-state index contributed by atoms with van der Waals surface area (Å²) in [6, 6.07) is 20.7. The van der Waals surface area contributed by atoms with Gasteiger partial charge in [-0.25, -0.2) is 8.42 Å². The minimum atomic E-state index is -4.13. The van der Waals surface area contributed by atoms with Crippen LogP contribution in [-0.2, 0) is 26.2 Å². The molecule has 1 atom stereocenters. The second-order valence-corrected chi connectivity index (χ2v) is 13.1. The van der Waals surface area contributed by atoms with Crippen LogP contribution in [0.4, 0.5) is 5.69 Å². The molecule has 0 radical (unpaired) electrons. The molecule has 0 bridgehead atoms. The minimum absolute atomic E-state index is 0.0323. The molecule has 38 heavy (non-hydrogen) atoms. The average molecular weight is 621 g/mol. The summed E-state index contributed by atoms with van der Waals surface area (Å²) in [6.07, 6.45) is 0. The third kappa shape index (κ3) is 7.82. The first-order chi connectivity index (χ1) is 17.8. The molecule has 2 amide bonds. The fourth-order valence-corrected chi connectivity index (χ4v) is 5.83. The van der Waals surface area contributed by atoms with Gasteiger partial charge >= 0.3 is 0 Å². The lowest BCUT2D eigenvalue weighted by Crippen LogP contribution is -2.54. The van der Waals surface area contributed by atoms with Gasteiger partial charge in [-0.3, -0.25) is 13.9 Å². The van der Waals surface area contributed by atoms with Crippen molar-refractivity contribution in [1.29, 1.82) is 0 Å². The number of halogens is 2. The fourth-order valence-electron chi connectivity index (χ4n) is 3.77. The Labute approximate surface area is 238 Å². The van der Waals surface area contributed by atoms with Crippen LogP contribution in [-0.4, -0.2) is 43.3 Å². The van der Waals surface area contributed by atoms with E-state index in [-0.39, 0.29) is 23.0 Å². The van der Waals surface area contributed by atoms with Gasteiger partial charge in [-0.05, 0) is 75.7 Å². The molecule has 3 aromatic rings. The quantitative estimate of drug-likeness (QED) is 0.336. The van der Waals surface area contributed by atoms with Crippen molar-refractivity contribution in [1.82, 2.24) is 10.2 Å². The van der Waals surface area contributed by atoms with E-state index in [9.17, 15) is 18.0 Å². The standard InChI is InChI=1S/C28H31BrClN3O4S/c1-20(27(35)31-28(2,3)4)32(18-21-10-8-11-22(29)16-21)26(34)19-33(24-13-9-12-23(30)17-24)38(36,37)25-14-6-5-7-15-25/h5-17,20H,18-19H2,1-4H3,(H,31,35)/t20-/m1/s1. The third-order valence-electron chi connectivity index (χ3n) is 5.61. The maximum Gasteiger partial charge on any atom is 0.264 e. The lowest BCUT2D eigenvalue weighted by molar-refractivity contribution is -0.140. The Hall–Kier alpha value is -2.88. The highest BCUT2D eigenvalue weighted by Gasteiger charge is 2.33. The highest BCUT2D eigenvalue weighted by Crippen LogP contribution is 2.27. The molecule has 0 unspecified atom stereocenters. The summed E-state index contributed by atoms with van der Waals surface area (Å²) in [5.41, 5.74) is 0.506. The number of nitrogens with zero attached hydrogens (tertiary/aromatic N) is 2. The van der Waals surface area contributed by atoms with Crippen LogP contribution in [0.3, 0.4) is 0 Å². The van der Waals surface area contributed by atoms with Crippen molar-refractivity contribution in [3.8, 4) is 0 Å². The van der Waals surface area contributed by atoms with Crippen LogP contribution in [0.5, 0.6) is 0 Å². The molecular weight excluding hydrogens is 590 g/mol. The van der Waals surface area contributed by atoms with Crippen LogP contribution < -0.4 is 9.62 Å². The van der Waals surface area contributed by atoms with E-state index in [4.69, 9.17) is 11.6 Å². The molecule has 10 heteroatoms. The van der Waals surface area contributed by atoms with Gasteiger partial charge in [0.15, 0.2) is 0 Å². The summed E-state index contributed by atoms with van der Waals surface area (Å²) in [4.78, 5) is 28.4. The number of rotatable bonds is 9. The normalized spacial score (nSPS) is 12.5. The van der Waals surface area contributed by atoms with Crippen LogP contribution >= 0.6 is 27.5 Å². The van der Waals surface area contributed by atoms with Crippen molar-refractivity contribution in [3.05, 3.63) is 93.9 Å².